The third kappa shape index (κ3) is 1.80. The fraction of sp³-hybridized carbons (Fsp3) is 0. The first-order chi connectivity index (χ1) is 11.4. The van der Waals surface area contributed by atoms with E-state index in [1.54, 1.807) is 12.5 Å². The van der Waals surface area contributed by atoms with Gasteiger partial charge in [-0.3, -0.25) is 0 Å². The van der Waals surface area contributed by atoms with Gasteiger partial charge >= 0.3 is 0 Å². The predicted octanol–water partition coefficient (Wildman–Crippen LogP) is 3.91. The summed E-state index contributed by atoms with van der Waals surface area (Å²) >= 11 is 0. The summed E-state index contributed by atoms with van der Waals surface area (Å²) in [5, 5.41) is 7.63. The minimum Gasteiger partial charge on any atom is -0.324 e. The molecule has 0 saturated heterocycles. The molecule has 0 fully saturated rings. The first kappa shape index (κ1) is 12.2. The molecule has 0 spiro atoms. The molecule has 3 aromatic heterocycles. The number of anilines is 2. The smallest absolute Gasteiger partial charge is 0.139 e. The van der Waals surface area contributed by atoms with Crippen LogP contribution in [0.3, 0.4) is 0 Å². The van der Waals surface area contributed by atoms with Crippen LogP contribution in [0, 0.1) is 0 Å². The summed E-state index contributed by atoms with van der Waals surface area (Å²) < 4.78 is 0. The Bertz CT molecular complexity index is 1120. The van der Waals surface area contributed by atoms with Gasteiger partial charge in [0.05, 0.1) is 11.0 Å². The summed E-state index contributed by atoms with van der Waals surface area (Å²) in [6.45, 7) is 0. The van der Waals surface area contributed by atoms with Gasteiger partial charge in [0.25, 0.3) is 0 Å². The van der Waals surface area contributed by atoms with Crippen molar-refractivity contribution in [1.82, 2.24) is 19.9 Å². The number of pyridine rings is 2. The molecule has 0 atom stereocenters. The van der Waals surface area contributed by atoms with E-state index in [1.165, 1.54) is 0 Å². The molecule has 0 aliphatic heterocycles. The lowest BCUT2D eigenvalue weighted by Crippen LogP contribution is -1.98. The summed E-state index contributed by atoms with van der Waals surface area (Å²) in [4.78, 5) is 17.6. The standard InChI is InChI=1S/C18H11N5/c1-2-8-19-15(3-1)23-18-12-5-7-14-17-13(21-10-22-14)6-4-11(9-20-18)16(12)17/h1-10H,(H,19,20,23). The highest BCUT2D eigenvalue weighted by atomic mass is 15.0. The lowest BCUT2D eigenvalue weighted by molar-refractivity contribution is 1.26. The van der Waals surface area contributed by atoms with E-state index in [0.29, 0.717) is 0 Å². The van der Waals surface area contributed by atoms with Crippen molar-refractivity contribution in [3.8, 4) is 0 Å². The van der Waals surface area contributed by atoms with E-state index in [4.69, 9.17) is 0 Å². The molecule has 0 aliphatic rings. The van der Waals surface area contributed by atoms with Crippen LogP contribution in [-0.2, 0) is 0 Å². The van der Waals surface area contributed by atoms with Crippen LogP contribution in [0.15, 0.2) is 61.2 Å². The summed E-state index contributed by atoms with van der Waals surface area (Å²) in [5.41, 5.74) is 1.89. The first-order valence-corrected chi connectivity index (χ1v) is 7.33. The molecule has 2 aromatic carbocycles. The maximum Gasteiger partial charge on any atom is 0.139 e. The van der Waals surface area contributed by atoms with Gasteiger partial charge in [-0.25, -0.2) is 19.9 Å². The van der Waals surface area contributed by atoms with Crippen LogP contribution in [0.1, 0.15) is 0 Å². The van der Waals surface area contributed by atoms with Crippen molar-refractivity contribution in [2.24, 2.45) is 0 Å². The van der Waals surface area contributed by atoms with Gasteiger partial charge in [0, 0.05) is 33.9 Å². The topological polar surface area (TPSA) is 63.6 Å². The van der Waals surface area contributed by atoms with Crippen LogP contribution < -0.4 is 5.32 Å². The molecule has 108 valence electrons. The van der Waals surface area contributed by atoms with E-state index in [2.05, 4.69) is 37.4 Å². The Balaban J connectivity index is 1.84. The molecule has 0 aliphatic carbocycles. The summed E-state index contributed by atoms with van der Waals surface area (Å²) in [6.07, 6.45) is 5.23. The molecule has 23 heavy (non-hydrogen) atoms. The average Bonchev–Trinajstić information content (AvgIpc) is 2.62. The van der Waals surface area contributed by atoms with Crippen molar-refractivity contribution in [3.63, 3.8) is 0 Å². The first-order valence-electron chi connectivity index (χ1n) is 7.33. The van der Waals surface area contributed by atoms with Gasteiger partial charge < -0.3 is 5.32 Å². The second-order valence-electron chi connectivity index (χ2n) is 5.38. The van der Waals surface area contributed by atoms with Crippen molar-refractivity contribution in [3.05, 3.63) is 61.2 Å². The predicted molar refractivity (Wildman–Crippen MR) is 91.1 cm³/mol. The van der Waals surface area contributed by atoms with E-state index in [1.807, 2.05) is 36.5 Å². The third-order valence-corrected chi connectivity index (χ3v) is 4.04. The fourth-order valence-electron chi connectivity index (χ4n) is 3.02. The minimum atomic E-state index is 0.770. The number of benzene rings is 2. The van der Waals surface area contributed by atoms with Crippen LogP contribution in [0.4, 0.5) is 11.6 Å². The summed E-state index contributed by atoms with van der Waals surface area (Å²) in [7, 11) is 0. The quantitative estimate of drug-likeness (QED) is 0.500. The Kier molecular flexibility index (Phi) is 2.43. The Labute approximate surface area is 131 Å². The monoisotopic (exact) mass is 297 g/mol. The lowest BCUT2D eigenvalue weighted by atomic mass is 10.0. The van der Waals surface area contributed by atoms with Crippen molar-refractivity contribution in [1.29, 1.82) is 0 Å². The molecule has 5 rings (SSSR count). The molecule has 0 unspecified atom stereocenters. The highest BCUT2D eigenvalue weighted by Gasteiger charge is 2.13. The average molecular weight is 297 g/mol. The normalized spacial score (nSPS) is 11.5. The van der Waals surface area contributed by atoms with Gasteiger partial charge in [-0.05, 0) is 30.3 Å². The highest BCUT2D eigenvalue weighted by molar-refractivity contribution is 6.23. The van der Waals surface area contributed by atoms with Gasteiger partial charge in [0.2, 0.25) is 0 Å². The molecule has 0 saturated carbocycles. The summed E-state index contributed by atoms with van der Waals surface area (Å²) in [6, 6.07) is 13.9. The van der Waals surface area contributed by atoms with Crippen LogP contribution in [0.25, 0.3) is 32.6 Å². The van der Waals surface area contributed by atoms with Gasteiger partial charge in [-0.15, -0.1) is 0 Å². The van der Waals surface area contributed by atoms with Crippen LogP contribution in [-0.4, -0.2) is 19.9 Å². The SMILES string of the molecule is c1ccc(Nc2ncc3ccc4ncnc5ccc2c3c45)nc1. The zero-order chi connectivity index (χ0) is 15.2. The fourth-order valence-corrected chi connectivity index (χ4v) is 3.02. The maximum atomic E-state index is 4.57. The summed E-state index contributed by atoms with van der Waals surface area (Å²) in [5.74, 6) is 1.56. The van der Waals surface area contributed by atoms with E-state index in [-0.39, 0.29) is 0 Å². The highest BCUT2D eigenvalue weighted by Crippen LogP contribution is 2.35. The zero-order valence-electron chi connectivity index (χ0n) is 12.1. The Morgan fingerprint density at radius 3 is 2.43 bits per heavy atom. The van der Waals surface area contributed by atoms with Gasteiger partial charge in [0.1, 0.15) is 18.0 Å². The Morgan fingerprint density at radius 2 is 1.61 bits per heavy atom. The molecule has 5 aromatic rings. The Hall–Kier alpha value is -3.34. The van der Waals surface area contributed by atoms with Crippen molar-refractivity contribution in [2.75, 3.05) is 5.32 Å². The second kappa shape index (κ2) is 4.58. The molecule has 0 amide bonds. The lowest BCUT2D eigenvalue weighted by Gasteiger charge is -2.12. The van der Waals surface area contributed by atoms with Crippen molar-refractivity contribution < 1.29 is 0 Å². The zero-order valence-corrected chi connectivity index (χ0v) is 12.1. The number of nitrogens with one attached hydrogen (secondary N) is 1. The third-order valence-electron chi connectivity index (χ3n) is 4.04. The van der Waals surface area contributed by atoms with Crippen LogP contribution in [0.5, 0.6) is 0 Å². The molecule has 5 nitrogen and oxygen atoms in total. The van der Waals surface area contributed by atoms with Gasteiger partial charge in [0.15, 0.2) is 0 Å². The molecular formula is C18H11N5. The molecular weight excluding hydrogens is 286 g/mol. The number of hydrogen-bond acceptors (Lipinski definition) is 5. The number of hydrogen-bond donors (Lipinski definition) is 1. The largest absolute Gasteiger partial charge is 0.324 e. The second-order valence-corrected chi connectivity index (χ2v) is 5.38. The van der Waals surface area contributed by atoms with Crippen LogP contribution >= 0.6 is 0 Å². The minimum absolute atomic E-state index is 0.770. The van der Waals surface area contributed by atoms with E-state index in [9.17, 15) is 0 Å². The van der Waals surface area contributed by atoms with Crippen molar-refractivity contribution >= 4 is 44.2 Å². The van der Waals surface area contributed by atoms with E-state index in [0.717, 1.165) is 44.2 Å². The molecule has 0 bridgehead atoms. The van der Waals surface area contributed by atoms with Gasteiger partial charge in [-0.1, -0.05) is 12.1 Å². The molecule has 3 heterocycles. The number of nitrogens with zero attached hydrogens (tertiary/aromatic N) is 4. The van der Waals surface area contributed by atoms with E-state index < -0.39 is 0 Å². The van der Waals surface area contributed by atoms with E-state index >= 15 is 0 Å². The molecule has 5 heteroatoms. The van der Waals surface area contributed by atoms with Crippen molar-refractivity contribution in [2.45, 2.75) is 0 Å². The van der Waals surface area contributed by atoms with Gasteiger partial charge in [-0.2, -0.15) is 0 Å². The Morgan fingerprint density at radius 1 is 0.739 bits per heavy atom. The maximum absolute atomic E-state index is 4.57. The number of rotatable bonds is 2. The van der Waals surface area contributed by atoms with Crippen LogP contribution in [0.2, 0.25) is 0 Å². The molecule has 1 N–H and O–H groups in total. The number of aromatic nitrogens is 4. The molecule has 0 radical (unpaired) electrons.